The minimum absolute atomic E-state index is 0.374. The fourth-order valence-corrected chi connectivity index (χ4v) is 2.23. The number of nitrogens with zero attached hydrogens (tertiary/aromatic N) is 2. The first-order valence-corrected chi connectivity index (χ1v) is 6.37. The minimum atomic E-state index is -4.81. The van der Waals surface area contributed by atoms with E-state index in [1.54, 1.807) is 0 Å². The summed E-state index contributed by atoms with van der Waals surface area (Å²) in [6.07, 6.45) is -4.81. The smallest absolute Gasteiger partial charge is 0.434 e. The number of thiazole rings is 1. The second-order valence-electron chi connectivity index (χ2n) is 3.94. The summed E-state index contributed by atoms with van der Waals surface area (Å²) in [6, 6.07) is 2.77. The van der Waals surface area contributed by atoms with Crippen LogP contribution in [0.15, 0.2) is 23.7 Å². The molecule has 116 valence electrons. The number of amides is 1. The molecule has 7 nitrogen and oxygen atoms in total. The summed E-state index contributed by atoms with van der Waals surface area (Å²) in [4.78, 5) is 24.1. The molecule has 0 spiro atoms. The van der Waals surface area contributed by atoms with Crippen molar-refractivity contribution in [1.29, 1.82) is 0 Å². The standard InChI is InChI=1S/C11H6F3N3O4S/c12-11(13,14)9-8(22-4-15-9)10(19)16-6-3-5(17(20)21)1-2-7(6)18/h1-4,18H,(H,16,19). The summed E-state index contributed by atoms with van der Waals surface area (Å²) in [6.45, 7) is 0. The molecule has 1 aromatic heterocycles. The number of aromatic nitrogens is 1. The van der Waals surface area contributed by atoms with Gasteiger partial charge in [-0.15, -0.1) is 11.3 Å². The molecular formula is C11H6F3N3O4S. The third-order valence-corrected chi connectivity index (χ3v) is 3.31. The first kappa shape index (κ1) is 15.7. The number of carbonyl (C=O) groups excluding carboxylic acids is 1. The minimum Gasteiger partial charge on any atom is -0.506 e. The highest BCUT2D eigenvalue weighted by molar-refractivity contribution is 7.12. The molecule has 0 saturated carbocycles. The van der Waals surface area contributed by atoms with Gasteiger partial charge in [-0.1, -0.05) is 0 Å². The maximum atomic E-state index is 12.7. The van der Waals surface area contributed by atoms with Crippen molar-refractivity contribution in [1.82, 2.24) is 4.98 Å². The van der Waals surface area contributed by atoms with Crippen molar-refractivity contribution in [3.05, 3.63) is 44.4 Å². The lowest BCUT2D eigenvalue weighted by Gasteiger charge is -2.08. The SMILES string of the molecule is O=C(Nc1cc([N+](=O)[O-])ccc1O)c1scnc1C(F)(F)F. The average molecular weight is 333 g/mol. The molecule has 1 heterocycles. The Morgan fingerprint density at radius 2 is 2.09 bits per heavy atom. The number of anilines is 1. The molecular weight excluding hydrogens is 327 g/mol. The van der Waals surface area contributed by atoms with Crippen molar-refractivity contribution in [2.45, 2.75) is 6.18 Å². The maximum absolute atomic E-state index is 12.7. The highest BCUT2D eigenvalue weighted by Crippen LogP contribution is 2.34. The van der Waals surface area contributed by atoms with Crippen LogP contribution in [0.3, 0.4) is 0 Å². The topological polar surface area (TPSA) is 105 Å². The Balaban J connectivity index is 2.32. The Labute approximate surface area is 124 Å². The van der Waals surface area contributed by atoms with Crippen molar-refractivity contribution < 1.29 is 28.0 Å². The number of phenolic OH excluding ortho intramolecular Hbond substituents is 1. The van der Waals surface area contributed by atoms with Crippen molar-refractivity contribution in [2.24, 2.45) is 0 Å². The van der Waals surface area contributed by atoms with Gasteiger partial charge in [0.05, 0.1) is 16.1 Å². The highest BCUT2D eigenvalue weighted by atomic mass is 32.1. The van der Waals surface area contributed by atoms with Crippen LogP contribution < -0.4 is 5.32 Å². The summed E-state index contributed by atoms with van der Waals surface area (Å²) in [5.74, 6) is -1.69. The molecule has 0 bridgehead atoms. The quantitative estimate of drug-likeness (QED) is 0.510. The molecule has 1 amide bonds. The molecule has 1 aromatic carbocycles. The van der Waals surface area contributed by atoms with Crippen LogP contribution in [0.5, 0.6) is 5.75 Å². The molecule has 2 aromatic rings. The zero-order valence-electron chi connectivity index (χ0n) is 10.4. The van der Waals surface area contributed by atoms with Gasteiger partial charge < -0.3 is 10.4 Å². The van der Waals surface area contributed by atoms with Gasteiger partial charge in [0.15, 0.2) is 5.69 Å². The fourth-order valence-electron chi connectivity index (χ4n) is 1.53. The summed E-state index contributed by atoms with van der Waals surface area (Å²) >= 11 is 0.461. The van der Waals surface area contributed by atoms with Crippen LogP contribution in [-0.2, 0) is 6.18 Å². The van der Waals surface area contributed by atoms with E-state index >= 15 is 0 Å². The van der Waals surface area contributed by atoms with E-state index in [0.29, 0.717) is 11.3 Å². The first-order chi connectivity index (χ1) is 10.2. The average Bonchev–Trinajstić information content (AvgIpc) is 2.90. The van der Waals surface area contributed by atoms with Crippen LogP contribution in [0, 0.1) is 10.1 Å². The maximum Gasteiger partial charge on any atom is 0.434 e. The molecule has 0 saturated heterocycles. The van der Waals surface area contributed by atoms with Crippen LogP contribution >= 0.6 is 11.3 Å². The van der Waals surface area contributed by atoms with E-state index < -0.39 is 39.0 Å². The van der Waals surface area contributed by atoms with Gasteiger partial charge >= 0.3 is 6.18 Å². The lowest BCUT2D eigenvalue weighted by molar-refractivity contribution is -0.384. The molecule has 0 unspecified atom stereocenters. The van der Waals surface area contributed by atoms with Gasteiger partial charge in [-0.25, -0.2) is 4.98 Å². The van der Waals surface area contributed by atoms with Crippen LogP contribution in [0.1, 0.15) is 15.4 Å². The number of halogens is 3. The lowest BCUT2D eigenvalue weighted by atomic mass is 10.2. The predicted octanol–water partition coefficient (Wildman–Crippen LogP) is 3.03. The number of hydrogen-bond donors (Lipinski definition) is 2. The largest absolute Gasteiger partial charge is 0.506 e. The number of non-ortho nitro benzene ring substituents is 1. The second-order valence-corrected chi connectivity index (χ2v) is 4.80. The first-order valence-electron chi connectivity index (χ1n) is 5.49. The molecule has 0 radical (unpaired) electrons. The normalized spacial score (nSPS) is 11.2. The van der Waals surface area contributed by atoms with Gasteiger partial charge in [0.2, 0.25) is 0 Å². The van der Waals surface area contributed by atoms with Crippen LogP contribution in [0.2, 0.25) is 0 Å². The predicted molar refractivity (Wildman–Crippen MR) is 69.8 cm³/mol. The number of aromatic hydroxyl groups is 1. The van der Waals surface area contributed by atoms with Gasteiger partial charge in [0, 0.05) is 12.1 Å². The Morgan fingerprint density at radius 1 is 1.41 bits per heavy atom. The van der Waals surface area contributed by atoms with E-state index in [4.69, 9.17) is 0 Å². The molecule has 0 aliphatic heterocycles. The number of phenols is 1. The highest BCUT2D eigenvalue weighted by Gasteiger charge is 2.38. The van der Waals surface area contributed by atoms with Crippen molar-refractivity contribution >= 4 is 28.6 Å². The van der Waals surface area contributed by atoms with Gasteiger partial charge in [-0.05, 0) is 6.07 Å². The molecule has 2 N–H and O–H groups in total. The van der Waals surface area contributed by atoms with Crippen LogP contribution in [0.25, 0.3) is 0 Å². The monoisotopic (exact) mass is 333 g/mol. The number of carbonyl (C=O) groups is 1. The van der Waals surface area contributed by atoms with E-state index in [0.717, 1.165) is 23.7 Å². The summed E-state index contributed by atoms with van der Waals surface area (Å²) in [7, 11) is 0. The Kier molecular flexibility index (Phi) is 3.99. The number of alkyl halides is 3. The molecule has 2 rings (SSSR count). The van der Waals surface area contributed by atoms with Gasteiger partial charge in [0.1, 0.15) is 10.6 Å². The molecule has 11 heteroatoms. The second kappa shape index (κ2) is 5.60. The van der Waals surface area contributed by atoms with Crippen molar-refractivity contribution in [3.8, 4) is 5.75 Å². The number of nitro benzene ring substituents is 1. The van der Waals surface area contributed by atoms with Crippen molar-refractivity contribution in [2.75, 3.05) is 5.32 Å². The van der Waals surface area contributed by atoms with E-state index in [-0.39, 0.29) is 5.69 Å². The molecule has 0 fully saturated rings. The third kappa shape index (κ3) is 3.14. The van der Waals surface area contributed by atoms with E-state index in [1.807, 2.05) is 5.32 Å². The Hall–Kier alpha value is -2.69. The number of rotatable bonds is 3. The Bertz CT molecular complexity index is 744. The number of benzene rings is 1. The summed E-state index contributed by atoms with van der Waals surface area (Å²) < 4.78 is 38.0. The molecule has 22 heavy (non-hydrogen) atoms. The summed E-state index contributed by atoms with van der Waals surface area (Å²) in [5.41, 5.74) is -1.32. The number of hydrogen-bond acceptors (Lipinski definition) is 6. The van der Waals surface area contributed by atoms with Gasteiger partial charge in [-0.2, -0.15) is 13.2 Å². The van der Waals surface area contributed by atoms with Gasteiger partial charge in [-0.3, -0.25) is 14.9 Å². The van der Waals surface area contributed by atoms with Crippen LogP contribution in [0.4, 0.5) is 24.5 Å². The number of nitrogens with one attached hydrogen (secondary N) is 1. The van der Waals surface area contributed by atoms with Gasteiger partial charge in [0.25, 0.3) is 11.6 Å². The van der Waals surface area contributed by atoms with E-state index in [1.165, 1.54) is 0 Å². The fraction of sp³-hybridized carbons (Fsp3) is 0.0909. The number of nitro groups is 1. The Morgan fingerprint density at radius 3 is 2.68 bits per heavy atom. The van der Waals surface area contributed by atoms with Crippen molar-refractivity contribution in [3.63, 3.8) is 0 Å². The molecule has 0 aliphatic rings. The molecule has 0 aliphatic carbocycles. The zero-order valence-corrected chi connectivity index (χ0v) is 11.2. The summed E-state index contributed by atoms with van der Waals surface area (Å²) in [5, 5.41) is 22.1. The van der Waals surface area contributed by atoms with Crippen LogP contribution in [-0.4, -0.2) is 20.9 Å². The van der Waals surface area contributed by atoms with E-state index in [2.05, 4.69) is 4.98 Å². The van der Waals surface area contributed by atoms with E-state index in [9.17, 15) is 33.2 Å². The lowest BCUT2D eigenvalue weighted by Crippen LogP contribution is -2.17. The molecule has 0 atom stereocenters. The third-order valence-electron chi connectivity index (χ3n) is 2.48. The zero-order chi connectivity index (χ0) is 16.5.